The van der Waals surface area contributed by atoms with Gasteiger partial charge in [-0.15, -0.1) is 0 Å². The fraction of sp³-hybridized carbons (Fsp3) is 0.318. The highest BCUT2D eigenvalue weighted by molar-refractivity contribution is 6.12. The van der Waals surface area contributed by atoms with Gasteiger partial charge >= 0.3 is 6.18 Å². The number of fused-ring (bicyclic) bond motifs is 1. The summed E-state index contributed by atoms with van der Waals surface area (Å²) < 4.78 is 41.0. The van der Waals surface area contributed by atoms with Crippen molar-refractivity contribution in [2.45, 2.75) is 25.4 Å². The lowest BCUT2D eigenvalue weighted by Gasteiger charge is -2.31. The van der Waals surface area contributed by atoms with Crippen LogP contribution in [0.3, 0.4) is 0 Å². The Labute approximate surface area is 176 Å². The molecule has 1 aliphatic heterocycles. The van der Waals surface area contributed by atoms with E-state index in [-0.39, 0.29) is 16.9 Å². The predicted octanol–water partition coefficient (Wildman–Crippen LogP) is 4.19. The number of nitrogens with zero attached hydrogens (tertiary/aromatic N) is 3. The number of carbonyl (C=O) groups is 1. The van der Waals surface area contributed by atoms with Crippen molar-refractivity contribution in [1.82, 2.24) is 9.78 Å². The molecule has 0 radical (unpaired) electrons. The highest BCUT2D eigenvalue weighted by Crippen LogP contribution is 2.36. The number of piperidine rings is 1. The summed E-state index contributed by atoms with van der Waals surface area (Å²) in [5.74, 6) is -0.676. The first kappa shape index (κ1) is 20.9. The van der Waals surface area contributed by atoms with Crippen LogP contribution < -0.4 is 15.8 Å². The Morgan fingerprint density at radius 3 is 2.39 bits per heavy atom. The second-order valence-electron chi connectivity index (χ2n) is 7.55. The predicted molar refractivity (Wildman–Crippen MR) is 112 cm³/mol. The van der Waals surface area contributed by atoms with Gasteiger partial charge in [-0.25, -0.2) is 4.68 Å². The molecule has 2 aromatic carbocycles. The maximum absolute atomic E-state index is 13.3. The molecule has 1 saturated heterocycles. The van der Waals surface area contributed by atoms with Crippen molar-refractivity contribution >= 4 is 28.1 Å². The van der Waals surface area contributed by atoms with Gasteiger partial charge in [0.05, 0.1) is 22.3 Å². The Morgan fingerprint density at radius 2 is 1.71 bits per heavy atom. The Bertz CT molecular complexity index is 1200. The van der Waals surface area contributed by atoms with Gasteiger partial charge in [-0.3, -0.25) is 9.59 Å². The monoisotopic (exact) mass is 430 g/mol. The fourth-order valence-electron chi connectivity index (χ4n) is 3.87. The van der Waals surface area contributed by atoms with Crippen molar-refractivity contribution in [2.24, 2.45) is 7.05 Å². The SMILES string of the molecule is Cn1nc(C(=O)Nc2cc(C(F)(F)F)ccc2N2CCCCC2)c2ccccc2c1=O. The molecule has 1 fully saturated rings. The number of nitrogens with one attached hydrogen (secondary N) is 1. The smallest absolute Gasteiger partial charge is 0.370 e. The summed E-state index contributed by atoms with van der Waals surface area (Å²) in [5.41, 5.74) is -0.626. The summed E-state index contributed by atoms with van der Waals surface area (Å²) in [6.45, 7) is 1.41. The van der Waals surface area contributed by atoms with E-state index in [1.165, 1.54) is 13.1 Å². The number of hydrogen-bond donors (Lipinski definition) is 1. The van der Waals surface area contributed by atoms with Gasteiger partial charge in [0.15, 0.2) is 5.69 Å². The molecule has 1 N–H and O–H groups in total. The second-order valence-corrected chi connectivity index (χ2v) is 7.55. The number of benzene rings is 2. The number of anilines is 2. The standard InChI is InChI=1S/C22H21F3N4O2/c1-28-21(31)16-8-4-3-7-15(16)19(27-28)20(30)26-17-13-14(22(23,24)25)9-10-18(17)29-11-5-2-6-12-29/h3-4,7-10,13H,2,5-6,11-12H2,1H3,(H,26,30). The van der Waals surface area contributed by atoms with Crippen LogP contribution in [0.25, 0.3) is 10.8 Å². The number of aryl methyl sites for hydroxylation is 1. The number of rotatable bonds is 3. The quantitative estimate of drug-likeness (QED) is 0.677. The van der Waals surface area contributed by atoms with Crippen LogP contribution in [0.1, 0.15) is 35.3 Å². The van der Waals surface area contributed by atoms with Gasteiger partial charge in [-0.05, 0) is 43.5 Å². The maximum atomic E-state index is 13.3. The summed E-state index contributed by atoms with van der Waals surface area (Å²) >= 11 is 0. The number of hydrogen-bond acceptors (Lipinski definition) is 4. The highest BCUT2D eigenvalue weighted by atomic mass is 19.4. The molecule has 6 nitrogen and oxygen atoms in total. The van der Waals surface area contributed by atoms with E-state index in [2.05, 4.69) is 10.4 Å². The van der Waals surface area contributed by atoms with Crippen LogP contribution in [-0.4, -0.2) is 28.8 Å². The lowest BCUT2D eigenvalue weighted by atomic mass is 10.1. The van der Waals surface area contributed by atoms with Crippen molar-refractivity contribution in [3.05, 3.63) is 64.1 Å². The van der Waals surface area contributed by atoms with Crippen molar-refractivity contribution in [3.8, 4) is 0 Å². The van der Waals surface area contributed by atoms with Crippen molar-refractivity contribution < 1.29 is 18.0 Å². The zero-order valence-electron chi connectivity index (χ0n) is 16.9. The average molecular weight is 430 g/mol. The third-order valence-corrected chi connectivity index (χ3v) is 5.44. The van der Waals surface area contributed by atoms with Gasteiger partial charge in [0.25, 0.3) is 11.5 Å². The summed E-state index contributed by atoms with van der Waals surface area (Å²) in [6.07, 6.45) is -1.61. The molecule has 0 aliphatic carbocycles. The van der Waals surface area contributed by atoms with E-state index < -0.39 is 17.6 Å². The summed E-state index contributed by atoms with van der Waals surface area (Å²) in [4.78, 5) is 27.4. The van der Waals surface area contributed by atoms with E-state index >= 15 is 0 Å². The number of halogens is 3. The zero-order valence-corrected chi connectivity index (χ0v) is 16.9. The molecule has 1 aromatic heterocycles. The lowest BCUT2D eigenvalue weighted by molar-refractivity contribution is -0.137. The third-order valence-electron chi connectivity index (χ3n) is 5.44. The van der Waals surface area contributed by atoms with E-state index in [9.17, 15) is 22.8 Å². The molecule has 1 amide bonds. The third kappa shape index (κ3) is 4.12. The highest BCUT2D eigenvalue weighted by Gasteiger charge is 2.32. The molecule has 3 aromatic rings. The molecule has 0 bridgehead atoms. The summed E-state index contributed by atoms with van der Waals surface area (Å²) in [5, 5.41) is 7.34. The Morgan fingerprint density at radius 1 is 1.03 bits per heavy atom. The molecule has 2 heterocycles. The molecule has 4 rings (SSSR count). The van der Waals surface area contributed by atoms with E-state index in [1.54, 1.807) is 24.3 Å². The normalized spacial score (nSPS) is 14.6. The summed E-state index contributed by atoms with van der Waals surface area (Å²) in [7, 11) is 1.43. The molecule has 0 saturated carbocycles. The molecule has 31 heavy (non-hydrogen) atoms. The minimum atomic E-state index is -4.54. The largest absolute Gasteiger partial charge is 0.416 e. The van der Waals surface area contributed by atoms with Crippen LogP contribution in [-0.2, 0) is 13.2 Å². The lowest BCUT2D eigenvalue weighted by Crippen LogP contribution is -2.31. The van der Waals surface area contributed by atoms with E-state index in [0.717, 1.165) is 36.1 Å². The first-order valence-electron chi connectivity index (χ1n) is 9.99. The van der Waals surface area contributed by atoms with Crippen LogP contribution >= 0.6 is 0 Å². The molecule has 0 unspecified atom stereocenters. The maximum Gasteiger partial charge on any atom is 0.416 e. The molecule has 9 heteroatoms. The first-order chi connectivity index (χ1) is 14.8. The zero-order chi connectivity index (χ0) is 22.2. The fourth-order valence-corrected chi connectivity index (χ4v) is 3.87. The van der Waals surface area contributed by atoms with Crippen molar-refractivity contribution in [3.63, 3.8) is 0 Å². The Balaban J connectivity index is 1.78. The minimum Gasteiger partial charge on any atom is -0.370 e. The minimum absolute atomic E-state index is 0.0281. The molecule has 1 aliphatic rings. The van der Waals surface area contributed by atoms with Crippen LogP contribution in [0.4, 0.5) is 24.5 Å². The van der Waals surface area contributed by atoms with Gasteiger partial charge in [0.1, 0.15) is 0 Å². The van der Waals surface area contributed by atoms with Crippen LogP contribution in [0.5, 0.6) is 0 Å². The summed E-state index contributed by atoms with van der Waals surface area (Å²) in [6, 6.07) is 9.90. The number of alkyl halides is 3. The Kier molecular flexibility index (Phi) is 5.43. The van der Waals surface area contributed by atoms with E-state index in [0.29, 0.717) is 29.5 Å². The molecule has 162 valence electrons. The van der Waals surface area contributed by atoms with Gasteiger partial charge < -0.3 is 10.2 Å². The van der Waals surface area contributed by atoms with Crippen LogP contribution in [0.2, 0.25) is 0 Å². The van der Waals surface area contributed by atoms with Gasteiger partial charge in [0, 0.05) is 25.5 Å². The molecular weight excluding hydrogens is 409 g/mol. The van der Waals surface area contributed by atoms with E-state index in [4.69, 9.17) is 0 Å². The van der Waals surface area contributed by atoms with Crippen molar-refractivity contribution in [1.29, 1.82) is 0 Å². The average Bonchev–Trinajstić information content (AvgIpc) is 2.76. The first-order valence-corrected chi connectivity index (χ1v) is 9.99. The number of carbonyl (C=O) groups excluding carboxylic acids is 1. The van der Waals surface area contributed by atoms with Gasteiger partial charge in [-0.1, -0.05) is 18.2 Å². The van der Waals surface area contributed by atoms with Crippen LogP contribution in [0, 0.1) is 0 Å². The van der Waals surface area contributed by atoms with Crippen LogP contribution in [0.15, 0.2) is 47.3 Å². The number of aromatic nitrogens is 2. The molecular formula is C22H21F3N4O2. The second kappa shape index (κ2) is 8.05. The van der Waals surface area contributed by atoms with Gasteiger partial charge in [-0.2, -0.15) is 18.3 Å². The van der Waals surface area contributed by atoms with Gasteiger partial charge in [0.2, 0.25) is 0 Å². The number of amides is 1. The van der Waals surface area contributed by atoms with E-state index in [1.807, 2.05) is 4.90 Å². The Hall–Kier alpha value is -3.36. The molecule has 0 spiro atoms. The van der Waals surface area contributed by atoms with Crippen molar-refractivity contribution in [2.75, 3.05) is 23.3 Å². The molecule has 0 atom stereocenters. The topological polar surface area (TPSA) is 67.2 Å².